The highest BCUT2D eigenvalue weighted by atomic mass is 19.1. The van der Waals surface area contributed by atoms with Gasteiger partial charge < -0.3 is 20.5 Å². The fourth-order valence-corrected chi connectivity index (χ4v) is 2.76. The van der Waals surface area contributed by atoms with Crippen LogP contribution in [-0.4, -0.2) is 39.0 Å². The monoisotopic (exact) mass is 434 g/mol. The van der Waals surface area contributed by atoms with E-state index in [1.54, 1.807) is 6.92 Å². The van der Waals surface area contributed by atoms with Crippen molar-refractivity contribution in [1.82, 2.24) is 20.2 Å². The van der Waals surface area contributed by atoms with Gasteiger partial charge in [0, 0.05) is 13.6 Å². The third-order valence-electron chi connectivity index (χ3n) is 4.29. The van der Waals surface area contributed by atoms with Crippen molar-refractivity contribution < 1.29 is 28.6 Å². The van der Waals surface area contributed by atoms with E-state index in [2.05, 4.69) is 20.4 Å². The summed E-state index contributed by atoms with van der Waals surface area (Å²) in [6.07, 6.45) is 0. The number of hydrogen-bond acceptors (Lipinski definition) is 7. The van der Waals surface area contributed by atoms with Crippen LogP contribution in [0.15, 0.2) is 29.1 Å². The van der Waals surface area contributed by atoms with Crippen LogP contribution in [0.3, 0.4) is 0 Å². The summed E-state index contributed by atoms with van der Waals surface area (Å²) in [7, 11) is 1.29. The molecule has 0 fully saturated rings. The summed E-state index contributed by atoms with van der Waals surface area (Å²) >= 11 is 0. The molecule has 0 radical (unpaired) electrons. The molecule has 0 bridgehead atoms. The molecule has 0 atom stereocenters. The standard InChI is InChI=1S/C20H23FN4O6/c1-5-31-18(30)16(28)24-20(2,3)19-23-13(14(26)17(29)25(19)4)15(27)22-10-11-6-8-12(21)9-7-11/h6-9,26H,5,10H2,1-4H3,(H,22,27)(H,24,28). The van der Waals surface area contributed by atoms with Crippen molar-refractivity contribution in [2.45, 2.75) is 32.9 Å². The highest BCUT2D eigenvalue weighted by Crippen LogP contribution is 2.20. The summed E-state index contributed by atoms with van der Waals surface area (Å²) < 4.78 is 18.6. The smallest absolute Gasteiger partial charge is 0.396 e. The topological polar surface area (TPSA) is 140 Å². The molecule has 0 aliphatic rings. The Morgan fingerprint density at radius 2 is 1.84 bits per heavy atom. The van der Waals surface area contributed by atoms with Crippen LogP contribution in [0.2, 0.25) is 0 Å². The first-order valence-electron chi connectivity index (χ1n) is 9.30. The Morgan fingerprint density at radius 1 is 1.23 bits per heavy atom. The number of hydrogen-bond donors (Lipinski definition) is 3. The molecule has 11 heteroatoms. The molecule has 0 unspecified atom stereocenters. The molecule has 0 saturated carbocycles. The van der Waals surface area contributed by atoms with Gasteiger partial charge in [-0.2, -0.15) is 0 Å². The van der Waals surface area contributed by atoms with E-state index in [-0.39, 0.29) is 19.0 Å². The van der Waals surface area contributed by atoms with Gasteiger partial charge in [0.1, 0.15) is 11.6 Å². The molecule has 2 amide bonds. The molecule has 1 aromatic carbocycles. The Balaban J connectivity index is 2.32. The minimum Gasteiger partial charge on any atom is -0.501 e. The van der Waals surface area contributed by atoms with Crippen molar-refractivity contribution in [3.05, 3.63) is 57.5 Å². The summed E-state index contributed by atoms with van der Waals surface area (Å²) in [5, 5.41) is 15.0. The Kier molecular flexibility index (Phi) is 7.11. The molecule has 0 saturated heterocycles. The minimum atomic E-state index is -1.38. The lowest BCUT2D eigenvalue weighted by Crippen LogP contribution is -2.48. The fourth-order valence-electron chi connectivity index (χ4n) is 2.76. The number of amides is 2. The summed E-state index contributed by atoms with van der Waals surface area (Å²) in [4.78, 5) is 52.7. The van der Waals surface area contributed by atoms with Gasteiger partial charge in [0.2, 0.25) is 5.75 Å². The van der Waals surface area contributed by atoms with Crippen molar-refractivity contribution in [2.75, 3.05) is 6.61 Å². The quantitative estimate of drug-likeness (QED) is 0.443. The van der Waals surface area contributed by atoms with E-state index in [9.17, 15) is 28.7 Å². The Hall–Kier alpha value is -3.76. The van der Waals surface area contributed by atoms with E-state index in [4.69, 9.17) is 0 Å². The van der Waals surface area contributed by atoms with Crippen molar-refractivity contribution >= 4 is 17.8 Å². The first-order chi connectivity index (χ1) is 14.5. The van der Waals surface area contributed by atoms with Crippen molar-refractivity contribution in [1.29, 1.82) is 0 Å². The number of benzene rings is 1. The molecule has 2 rings (SSSR count). The van der Waals surface area contributed by atoms with Crippen LogP contribution in [0.4, 0.5) is 4.39 Å². The van der Waals surface area contributed by atoms with E-state index >= 15 is 0 Å². The first-order valence-corrected chi connectivity index (χ1v) is 9.30. The van der Waals surface area contributed by atoms with E-state index < -0.39 is 46.1 Å². The number of aromatic nitrogens is 2. The van der Waals surface area contributed by atoms with Crippen LogP contribution in [-0.2, 0) is 33.5 Å². The van der Waals surface area contributed by atoms with Gasteiger partial charge >= 0.3 is 11.9 Å². The molecule has 166 valence electrons. The lowest BCUT2D eigenvalue weighted by atomic mass is 10.0. The van der Waals surface area contributed by atoms with Crippen LogP contribution in [0.25, 0.3) is 0 Å². The highest BCUT2D eigenvalue weighted by Gasteiger charge is 2.33. The molecule has 0 aliphatic heterocycles. The lowest BCUT2D eigenvalue weighted by Gasteiger charge is -2.27. The second-order valence-electron chi connectivity index (χ2n) is 7.11. The van der Waals surface area contributed by atoms with Gasteiger partial charge in [-0.15, -0.1) is 0 Å². The molecule has 0 spiro atoms. The Morgan fingerprint density at radius 3 is 2.42 bits per heavy atom. The van der Waals surface area contributed by atoms with Crippen LogP contribution in [0.5, 0.6) is 5.75 Å². The van der Waals surface area contributed by atoms with Gasteiger partial charge in [-0.1, -0.05) is 12.1 Å². The highest BCUT2D eigenvalue weighted by molar-refractivity contribution is 6.32. The van der Waals surface area contributed by atoms with Gasteiger partial charge in [-0.05, 0) is 38.5 Å². The molecule has 3 N–H and O–H groups in total. The van der Waals surface area contributed by atoms with Crippen LogP contribution >= 0.6 is 0 Å². The summed E-state index contributed by atoms with van der Waals surface area (Å²) in [5.74, 6) is -4.42. The summed E-state index contributed by atoms with van der Waals surface area (Å²) in [6.45, 7) is 4.46. The van der Waals surface area contributed by atoms with E-state index in [0.717, 1.165) is 4.57 Å². The Labute approximate surface area is 177 Å². The van der Waals surface area contributed by atoms with E-state index in [1.165, 1.54) is 45.2 Å². The van der Waals surface area contributed by atoms with E-state index in [1.807, 2.05) is 0 Å². The van der Waals surface area contributed by atoms with Gasteiger partial charge in [-0.3, -0.25) is 19.0 Å². The molecule has 31 heavy (non-hydrogen) atoms. The number of carbonyl (C=O) groups is 3. The molecule has 0 aliphatic carbocycles. The zero-order chi connectivity index (χ0) is 23.3. The molecule has 1 aromatic heterocycles. The van der Waals surface area contributed by atoms with Gasteiger partial charge in [-0.25, -0.2) is 14.2 Å². The van der Waals surface area contributed by atoms with Crippen LogP contribution in [0, 0.1) is 5.82 Å². The van der Waals surface area contributed by atoms with Gasteiger partial charge in [0.25, 0.3) is 11.5 Å². The number of nitrogens with one attached hydrogen (secondary N) is 2. The van der Waals surface area contributed by atoms with Crippen molar-refractivity contribution in [2.24, 2.45) is 7.05 Å². The predicted molar refractivity (Wildman–Crippen MR) is 107 cm³/mol. The zero-order valence-corrected chi connectivity index (χ0v) is 17.5. The van der Waals surface area contributed by atoms with Crippen molar-refractivity contribution in [3.63, 3.8) is 0 Å². The van der Waals surface area contributed by atoms with E-state index in [0.29, 0.717) is 5.56 Å². The minimum absolute atomic E-state index is 0.000994. The Bertz CT molecular complexity index is 1060. The summed E-state index contributed by atoms with van der Waals surface area (Å²) in [5.41, 5.74) is -2.27. The summed E-state index contributed by atoms with van der Waals surface area (Å²) in [6, 6.07) is 5.38. The maximum atomic E-state index is 13.0. The third kappa shape index (κ3) is 5.44. The predicted octanol–water partition coefficient (Wildman–Crippen LogP) is 0.469. The average molecular weight is 434 g/mol. The average Bonchev–Trinajstić information content (AvgIpc) is 2.71. The number of halogens is 1. The fraction of sp³-hybridized carbons (Fsp3) is 0.350. The molecule has 1 heterocycles. The number of carbonyl (C=O) groups excluding carboxylic acids is 3. The molecule has 2 aromatic rings. The maximum absolute atomic E-state index is 13.0. The molecular weight excluding hydrogens is 411 g/mol. The normalized spacial score (nSPS) is 11.0. The van der Waals surface area contributed by atoms with Crippen LogP contribution < -0.4 is 16.2 Å². The van der Waals surface area contributed by atoms with Gasteiger partial charge in [0.05, 0.1) is 12.1 Å². The van der Waals surface area contributed by atoms with Crippen LogP contribution in [0.1, 0.15) is 42.6 Å². The van der Waals surface area contributed by atoms with Gasteiger partial charge in [0.15, 0.2) is 5.69 Å². The third-order valence-corrected chi connectivity index (χ3v) is 4.29. The maximum Gasteiger partial charge on any atom is 0.396 e. The first kappa shape index (κ1) is 23.5. The SMILES string of the molecule is CCOC(=O)C(=O)NC(C)(C)c1nc(C(=O)NCc2ccc(F)cc2)c(O)c(=O)n1C. The molecule has 10 nitrogen and oxygen atoms in total. The second kappa shape index (κ2) is 9.37. The number of nitrogens with zero attached hydrogens (tertiary/aromatic N) is 2. The number of ether oxygens (including phenoxy) is 1. The zero-order valence-electron chi connectivity index (χ0n) is 17.5. The second-order valence-corrected chi connectivity index (χ2v) is 7.11. The number of esters is 1. The lowest BCUT2D eigenvalue weighted by molar-refractivity contribution is -0.155. The molecular formula is C20H23FN4O6. The number of aromatic hydroxyl groups is 1. The number of rotatable bonds is 6. The largest absolute Gasteiger partial charge is 0.501 e. The van der Waals surface area contributed by atoms with Crippen molar-refractivity contribution in [3.8, 4) is 5.75 Å².